The van der Waals surface area contributed by atoms with E-state index in [2.05, 4.69) is 10.2 Å². The highest BCUT2D eigenvalue weighted by molar-refractivity contribution is 6.06. The normalized spacial score (nSPS) is 16.2. The van der Waals surface area contributed by atoms with Gasteiger partial charge in [-0.3, -0.25) is 14.4 Å². The number of carboxylic acid groups (broad SMARTS) is 1. The Morgan fingerprint density at radius 1 is 1.42 bits per heavy atom. The number of azo groups is 1. The third-order valence-electron chi connectivity index (χ3n) is 1.15. The van der Waals surface area contributed by atoms with Gasteiger partial charge in [-0.25, -0.2) is 0 Å². The summed E-state index contributed by atoms with van der Waals surface area (Å²) >= 11 is 0. The maximum Gasteiger partial charge on any atom is 0.308 e. The van der Waals surface area contributed by atoms with E-state index in [0.717, 1.165) is 6.08 Å². The van der Waals surface area contributed by atoms with Gasteiger partial charge in [0.1, 0.15) is 0 Å². The van der Waals surface area contributed by atoms with Gasteiger partial charge in [-0.05, 0) is 0 Å². The molecule has 6 nitrogen and oxygen atoms in total. The maximum absolute atomic E-state index is 10.7. The quantitative estimate of drug-likeness (QED) is 0.622. The summed E-state index contributed by atoms with van der Waals surface area (Å²) in [6, 6.07) is 0. The molecule has 1 rings (SSSR count). The van der Waals surface area contributed by atoms with Gasteiger partial charge in [-0.2, -0.15) is 0 Å². The molecule has 0 unspecified atom stereocenters. The number of amides is 2. The molecule has 62 valence electrons. The van der Waals surface area contributed by atoms with E-state index in [4.69, 9.17) is 5.11 Å². The van der Waals surface area contributed by atoms with Crippen molar-refractivity contribution in [2.75, 3.05) is 0 Å². The van der Waals surface area contributed by atoms with Gasteiger partial charge in [0.25, 0.3) is 11.8 Å². The van der Waals surface area contributed by atoms with E-state index in [-0.39, 0.29) is 5.57 Å². The van der Waals surface area contributed by atoms with E-state index < -0.39 is 24.2 Å². The van der Waals surface area contributed by atoms with E-state index in [1.165, 1.54) is 0 Å². The molecule has 0 atom stereocenters. The first-order valence-corrected chi connectivity index (χ1v) is 3.02. The van der Waals surface area contributed by atoms with Crippen molar-refractivity contribution in [1.29, 1.82) is 0 Å². The molecule has 0 aliphatic carbocycles. The van der Waals surface area contributed by atoms with Crippen LogP contribution in [-0.4, -0.2) is 22.9 Å². The van der Waals surface area contributed by atoms with Crippen molar-refractivity contribution in [3.8, 4) is 0 Å². The summed E-state index contributed by atoms with van der Waals surface area (Å²) in [7, 11) is 0. The maximum atomic E-state index is 10.7. The van der Waals surface area contributed by atoms with Gasteiger partial charge in [0.05, 0.1) is 6.42 Å². The van der Waals surface area contributed by atoms with Gasteiger partial charge in [0, 0.05) is 11.6 Å². The Hall–Kier alpha value is -1.85. The SMILES string of the molecule is O=C(O)CC1=CC(=O)N=NC1=O. The zero-order valence-electron chi connectivity index (χ0n) is 5.85. The standard InChI is InChI=1S/C6H4N2O4/c9-4-1-3(2-5(10)11)6(12)8-7-4/h1H,2H2,(H,10,11). The largest absolute Gasteiger partial charge is 0.481 e. The van der Waals surface area contributed by atoms with E-state index >= 15 is 0 Å². The lowest BCUT2D eigenvalue weighted by atomic mass is 10.1. The van der Waals surface area contributed by atoms with Crippen molar-refractivity contribution in [2.24, 2.45) is 10.2 Å². The third kappa shape index (κ3) is 1.82. The van der Waals surface area contributed by atoms with Crippen molar-refractivity contribution < 1.29 is 19.5 Å². The lowest BCUT2D eigenvalue weighted by Crippen LogP contribution is -2.10. The fourth-order valence-corrected chi connectivity index (χ4v) is 0.688. The first-order chi connectivity index (χ1) is 5.59. The van der Waals surface area contributed by atoms with Crippen LogP contribution in [0.25, 0.3) is 0 Å². The molecule has 1 aliphatic rings. The van der Waals surface area contributed by atoms with Crippen LogP contribution in [0, 0.1) is 0 Å². The molecule has 1 aliphatic heterocycles. The van der Waals surface area contributed by atoms with Gasteiger partial charge >= 0.3 is 5.97 Å². The summed E-state index contributed by atoms with van der Waals surface area (Å²) in [4.78, 5) is 31.4. The number of carbonyl (C=O) groups is 3. The average molecular weight is 168 g/mol. The van der Waals surface area contributed by atoms with Crippen LogP contribution < -0.4 is 0 Å². The summed E-state index contributed by atoms with van der Waals surface area (Å²) in [6.07, 6.45) is 0.382. The summed E-state index contributed by atoms with van der Waals surface area (Å²) in [5.41, 5.74) is -0.137. The zero-order valence-corrected chi connectivity index (χ0v) is 5.85. The Labute approximate surface area is 66.6 Å². The molecule has 6 heteroatoms. The second-order valence-corrected chi connectivity index (χ2v) is 2.08. The molecule has 0 bridgehead atoms. The fourth-order valence-electron chi connectivity index (χ4n) is 0.688. The fraction of sp³-hybridized carbons (Fsp3) is 0.167. The topological polar surface area (TPSA) is 96.2 Å². The Bertz CT molecular complexity index is 316. The van der Waals surface area contributed by atoms with Crippen LogP contribution in [0.4, 0.5) is 0 Å². The van der Waals surface area contributed by atoms with Crippen LogP contribution in [0.5, 0.6) is 0 Å². The van der Waals surface area contributed by atoms with Gasteiger partial charge in [-0.1, -0.05) is 0 Å². The van der Waals surface area contributed by atoms with Crippen LogP contribution in [0.3, 0.4) is 0 Å². The van der Waals surface area contributed by atoms with Crippen LogP contribution >= 0.6 is 0 Å². The number of nitrogens with zero attached hydrogens (tertiary/aromatic N) is 2. The van der Waals surface area contributed by atoms with Crippen molar-refractivity contribution >= 4 is 17.8 Å². The van der Waals surface area contributed by atoms with E-state index in [1.807, 2.05) is 0 Å². The second-order valence-electron chi connectivity index (χ2n) is 2.08. The molecule has 0 saturated carbocycles. The average Bonchev–Trinajstić information content (AvgIpc) is 1.96. The molecule has 12 heavy (non-hydrogen) atoms. The van der Waals surface area contributed by atoms with Gasteiger partial charge in [-0.15, -0.1) is 10.2 Å². The molecule has 1 N–H and O–H groups in total. The summed E-state index contributed by atoms with van der Waals surface area (Å²) in [5.74, 6) is -2.65. The molecular weight excluding hydrogens is 164 g/mol. The molecule has 0 radical (unpaired) electrons. The smallest absolute Gasteiger partial charge is 0.308 e. The van der Waals surface area contributed by atoms with Crippen molar-refractivity contribution in [3.05, 3.63) is 11.6 Å². The predicted molar refractivity (Wildman–Crippen MR) is 35.2 cm³/mol. The second kappa shape index (κ2) is 3.04. The first-order valence-electron chi connectivity index (χ1n) is 3.02. The molecule has 1 heterocycles. The lowest BCUT2D eigenvalue weighted by molar-refractivity contribution is -0.137. The number of aliphatic carboxylic acids is 1. The minimum atomic E-state index is -1.18. The van der Waals surface area contributed by atoms with Crippen molar-refractivity contribution in [1.82, 2.24) is 0 Å². The number of rotatable bonds is 2. The Balaban J connectivity index is 2.81. The summed E-state index contributed by atoms with van der Waals surface area (Å²) < 4.78 is 0. The van der Waals surface area contributed by atoms with Crippen molar-refractivity contribution in [2.45, 2.75) is 6.42 Å². The first kappa shape index (κ1) is 8.25. The minimum absolute atomic E-state index is 0.137. The summed E-state index contributed by atoms with van der Waals surface area (Å²) in [5, 5.41) is 14.2. The molecule has 0 aromatic rings. The Kier molecular flexibility index (Phi) is 2.09. The third-order valence-corrected chi connectivity index (χ3v) is 1.15. The highest BCUT2D eigenvalue weighted by Gasteiger charge is 2.18. The molecule has 0 spiro atoms. The van der Waals surface area contributed by atoms with Crippen LogP contribution in [0.2, 0.25) is 0 Å². The number of carbonyl (C=O) groups excluding carboxylic acids is 2. The molecule has 2 amide bonds. The van der Waals surface area contributed by atoms with E-state index in [9.17, 15) is 14.4 Å². The molecule has 0 aromatic carbocycles. The lowest BCUT2D eigenvalue weighted by Gasteiger charge is -2.00. The highest BCUT2D eigenvalue weighted by atomic mass is 16.4. The van der Waals surface area contributed by atoms with Gasteiger partial charge in [0.2, 0.25) is 0 Å². The Morgan fingerprint density at radius 2 is 2.08 bits per heavy atom. The summed E-state index contributed by atoms with van der Waals surface area (Å²) in [6.45, 7) is 0. The van der Waals surface area contributed by atoms with Crippen LogP contribution in [0.1, 0.15) is 6.42 Å². The highest BCUT2D eigenvalue weighted by Crippen LogP contribution is 2.09. The molecular formula is C6H4N2O4. The zero-order chi connectivity index (χ0) is 9.14. The number of carboxylic acids is 1. The predicted octanol–water partition coefficient (Wildman–Crippen LogP) is -0.0935. The van der Waals surface area contributed by atoms with Crippen LogP contribution in [0.15, 0.2) is 21.9 Å². The monoisotopic (exact) mass is 168 g/mol. The number of hydrogen-bond acceptors (Lipinski definition) is 3. The minimum Gasteiger partial charge on any atom is -0.481 e. The van der Waals surface area contributed by atoms with E-state index in [1.54, 1.807) is 0 Å². The number of hydrogen-bond donors (Lipinski definition) is 1. The van der Waals surface area contributed by atoms with Crippen molar-refractivity contribution in [3.63, 3.8) is 0 Å². The van der Waals surface area contributed by atoms with Gasteiger partial charge < -0.3 is 5.11 Å². The van der Waals surface area contributed by atoms with E-state index in [0.29, 0.717) is 0 Å². The van der Waals surface area contributed by atoms with Gasteiger partial charge in [0.15, 0.2) is 0 Å². The molecule has 0 saturated heterocycles. The Morgan fingerprint density at radius 3 is 2.67 bits per heavy atom. The van der Waals surface area contributed by atoms with Crippen LogP contribution in [-0.2, 0) is 14.4 Å². The molecule has 0 fully saturated rings. The molecule has 0 aromatic heterocycles.